The average Bonchev–Trinajstić information content (AvgIpc) is 3.33. The zero-order valence-corrected chi connectivity index (χ0v) is 18.2. The fraction of sp³-hybridized carbons (Fsp3) is 0.600. The number of aliphatic imine (C=N–C) groups is 1. The molecule has 0 spiro atoms. The Labute approximate surface area is 170 Å². The van der Waals surface area contributed by atoms with Crippen molar-refractivity contribution in [3.05, 3.63) is 38.5 Å². The molecule has 0 amide bonds. The Morgan fingerprint density at radius 3 is 2.78 bits per heavy atom. The molecule has 0 atom stereocenters. The standard InChI is InChI=1S/C20H31N5S2/c1-4-21-20(22-11-18-14-27-19(23-18)15(2)3)24-17-5-8-25(9-6-17)12-16-7-10-26-13-16/h7,10,13-15,17H,4-6,8-9,11-12H2,1-3H3,(H2,21,22,24). The van der Waals surface area contributed by atoms with Gasteiger partial charge in [-0.05, 0) is 42.2 Å². The molecule has 7 heteroatoms. The lowest BCUT2D eigenvalue weighted by atomic mass is 10.0. The van der Waals surface area contributed by atoms with Crippen LogP contribution in [0.15, 0.2) is 27.2 Å². The number of thiophene rings is 1. The maximum absolute atomic E-state index is 4.76. The highest BCUT2D eigenvalue weighted by molar-refractivity contribution is 7.09. The molecule has 2 N–H and O–H groups in total. The summed E-state index contributed by atoms with van der Waals surface area (Å²) in [7, 11) is 0. The van der Waals surface area contributed by atoms with Crippen molar-refractivity contribution in [2.75, 3.05) is 19.6 Å². The minimum atomic E-state index is 0.485. The number of thiazole rings is 1. The van der Waals surface area contributed by atoms with Gasteiger partial charge < -0.3 is 10.6 Å². The van der Waals surface area contributed by atoms with E-state index in [-0.39, 0.29) is 0 Å². The van der Waals surface area contributed by atoms with Crippen LogP contribution >= 0.6 is 22.7 Å². The van der Waals surface area contributed by atoms with Crippen LogP contribution in [0.1, 0.15) is 55.8 Å². The van der Waals surface area contributed by atoms with E-state index in [1.807, 2.05) is 0 Å². The van der Waals surface area contributed by atoms with E-state index in [0.717, 1.165) is 50.7 Å². The Hall–Kier alpha value is -1.44. The van der Waals surface area contributed by atoms with Crippen molar-refractivity contribution < 1.29 is 0 Å². The first-order chi connectivity index (χ1) is 13.1. The van der Waals surface area contributed by atoms with E-state index in [0.29, 0.717) is 18.5 Å². The molecule has 148 valence electrons. The Bertz CT molecular complexity index is 700. The quantitative estimate of drug-likeness (QED) is 0.539. The Kier molecular flexibility index (Phi) is 7.67. The van der Waals surface area contributed by atoms with Gasteiger partial charge in [0.1, 0.15) is 0 Å². The summed E-state index contributed by atoms with van der Waals surface area (Å²) in [6.45, 7) is 11.3. The number of hydrogen-bond donors (Lipinski definition) is 2. The van der Waals surface area contributed by atoms with Gasteiger partial charge in [-0.15, -0.1) is 11.3 Å². The summed E-state index contributed by atoms with van der Waals surface area (Å²) < 4.78 is 0. The second-order valence-corrected chi connectivity index (χ2v) is 9.02. The topological polar surface area (TPSA) is 52.6 Å². The number of hydrogen-bond acceptors (Lipinski definition) is 5. The first-order valence-corrected chi connectivity index (χ1v) is 11.7. The van der Waals surface area contributed by atoms with Gasteiger partial charge in [0.15, 0.2) is 5.96 Å². The van der Waals surface area contributed by atoms with Crippen molar-refractivity contribution in [1.29, 1.82) is 0 Å². The molecule has 3 rings (SSSR count). The van der Waals surface area contributed by atoms with Gasteiger partial charge in [0.05, 0.1) is 17.2 Å². The van der Waals surface area contributed by atoms with Gasteiger partial charge in [-0.1, -0.05) is 13.8 Å². The van der Waals surface area contributed by atoms with Crippen LogP contribution in [0.4, 0.5) is 0 Å². The zero-order chi connectivity index (χ0) is 19.1. The predicted octanol–water partition coefficient (Wildman–Crippen LogP) is 4.05. The van der Waals surface area contributed by atoms with E-state index < -0.39 is 0 Å². The molecule has 0 radical (unpaired) electrons. The largest absolute Gasteiger partial charge is 0.357 e. The molecule has 0 bridgehead atoms. The molecule has 1 aliphatic rings. The van der Waals surface area contributed by atoms with Gasteiger partial charge in [0.2, 0.25) is 0 Å². The third-order valence-corrected chi connectivity index (χ3v) is 6.65. The summed E-state index contributed by atoms with van der Waals surface area (Å²) >= 11 is 3.52. The van der Waals surface area contributed by atoms with E-state index >= 15 is 0 Å². The number of aromatic nitrogens is 1. The average molecular weight is 406 g/mol. The molecule has 1 fully saturated rings. The van der Waals surface area contributed by atoms with E-state index in [9.17, 15) is 0 Å². The van der Waals surface area contributed by atoms with E-state index in [1.54, 1.807) is 22.7 Å². The van der Waals surface area contributed by atoms with Crippen LogP contribution < -0.4 is 10.6 Å². The van der Waals surface area contributed by atoms with Crippen LogP contribution in [0.5, 0.6) is 0 Å². The highest BCUT2D eigenvalue weighted by Gasteiger charge is 2.20. The smallest absolute Gasteiger partial charge is 0.191 e. The summed E-state index contributed by atoms with van der Waals surface area (Å²) in [6, 6.07) is 2.72. The van der Waals surface area contributed by atoms with E-state index in [4.69, 9.17) is 4.99 Å². The first-order valence-electron chi connectivity index (χ1n) is 9.86. The SMILES string of the molecule is CCNC(=NCc1csc(C(C)C)n1)NC1CCN(Cc2ccsc2)CC1. The highest BCUT2D eigenvalue weighted by Crippen LogP contribution is 2.19. The molecule has 1 aliphatic heterocycles. The summed E-state index contributed by atoms with van der Waals surface area (Å²) in [4.78, 5) is 12.0. The van der Waals surface area contributed by atoms with Crippen molar-refractivity contribution in [3.63, 3.8) is 0 Å². The van der Waals surface area contributed by atoms with Crippen molar-refractivity contribution >= 4 is 28.6 Å². The maximum Gasteiger partial charge on any atom is 0.191 e. The molecule has 1 saturated heterocycles. The molecule has 0 aliphatic carbocycles. The van der Waals surface area contributed by atoms with Crippen LogP contribution in [-0.2, 0) is 13.1 Å². The summed E-state index contributed by atoms with van der Waals surface area (Å²) in [5, 5.41) is 14.7. The second kappa shape index (κ2) is 10.2. The highest BCUT2D eigenvalue weighted by atomic mass is 32.1. The second-order valence-electron chi connectivity index (χ2n) is 7.35. The van der Waals surface area contributed by atoms with E-state index in [2.05, 4.69) is 63.5 Å². The number of nitrogens with one attached hydrogen (secondary N) is 2. The molecule has 0 aromatic carbocycles. The first kappa shape index (κ1) is 20.3. The van der Waals surface area contributed by atoms with Gasteiger partial charge in [-0.2, -0.15) is 11.3 Å². The number of nitrogens with zero attached hydrogens (tertiary/aromatic N) is 3. The molecule has 27 heavy (non-hydrogen) atoms. The zero-order valence-electron chi connectivity index (χ0n) is 16.6. The van der Waals surface area contributed by atoms with Crippen molar-refractivity contribution in [1.82, 2.24) is 20.5 Å². The minimum absolute atomic E-state index is 0.485. The lowest BCUT2D eigenvalue weighted by Crippen LogP contribution is -2.48. The van der Waals surface area contributed by atoms with Crippen molar-refractivity contribution in [2.45, 2.75) is 58.7 Å². The van der Waals surface area contributed by atoms with Gasteiger partial charge in [-0.3, -0.25) is 4.90 Å². The molecule has 2 aromatic rings. The van der Waals surface area contributed by atoms with Gasteiger partial charge >= 0.3 is 0 Å². The predicted molar refractivity (Wildman–Crippen MR) is 117 cm³/mol. The third kappa shape index (κ3) is 6.30. The Morgan fingerprint density at radius 1 is 1.33 bits per heavy atom. The molecular weight excluding hydrogens is 374 g/mol. The van der Waals surface area contributed by atoms with Crippen LogP contribution in [-0.4, -0.2) is 41.5 Å². The van der Waals surface area contributed by atoms with Crippen LogP contribution in [0.3, 0.4) is 0 Å². The molecule has 3 heterocycles. The molecule has 2 aromatic heterocycles. The molecule has 5 nitrogen and oxygen atoms in total. The summed E-state index contributed by atoms with van der Waals surface area (Å²) in [5.41, 5.74) is 2.50. The fourth-order valence-electron chi connectivity index (χ4n) is 3.21. The summed E-state index contributed by atoms with van der Waals surface area (Å²) in [5.74, 6) is 1.39. The number of rotatable bonds is 7. The van der Waals surface area contributed by atoms with Crippen LogP contribution in [0, 0.1) is 0 Å². The van der Waals surface area contributed by atoms with E-state index in [1.165, 1.54) is 10.6 Å². The van der Waals surface area contributed by atoms with Crippen LogP contribution in [0.2, 0.25) is 0 Å². The molecular formula is C20H31N5S2. The monoisotopic (exact) mass is 405 g/mol. The van der Waals surface area contributed by atoms with Gasteiger partial charge in [0.25, 0.3) is 0 Å². The summed E-state index contributed by atoms with van der Waals surface area (Å²) in [6.07, 6.45) is 2.31. The number of piperidine rings is 1. The number of guanidine groups is 1. The van der Waals surface area contributed by atoms with Gasteiger partial charge in [-0.25, -0.2) is 9.98 Å². The molecule has 0 unspecified atom stereocenters. The normalized spacial score (nSPS) is 16.8. The third-order valence-electron chi connectivity index (χ3n) is 4.72. The van der Waals surface area contributed by atoms with Crippen molar-refractivity contribution in [2.24, 2.45) is 4.99 Å². The molecule has 0 saturated carbocycles. The lowest BCUT2D eigenvalue weighted by Gasteiger charge is -2.32. The Balaban J connectivity index is 1.48. The van der Waals surface area contributed by atoms with Crippen molar-refractivity contribution in [3.8, 4) is 0 Å². The fourth-order valence-corrected chi connectivity index (χ4v) is 4.70. The maximum atomic E-state index is 4.76. The minimum Gasteiger partial charge on any atom is -0.357 e. The Morgan fingerprint density at radius 2 is 2.15 bits per heavy atom. The van der Waals surface area contributed by atoms with Gasteiger partial charge in [0, 0.05) is 43.5 Å². The lowest BCUT2D eigenvalue weighted by molar-refractivity contribution is 0.198. The number of likely N-dealkylation sites (tertiary alicyclic amines) is 1. The van der Waals surface area contributed by atoms with Crippen LogP contribution in [0.25, 0.3) is 0 Å².